The van der Waals surface area contributed by atoms with Crippen LogP contribution in [0.15, 0.2) is 23.7 Å². The number of fused-ring (bicyclic) bond motifs is 1. The first kappa shape index (κ1) is 12.0. The van der Waals surface area contributed by atoms with Crippen molar-refractivity contribution >= 4 is 27.5 Å². The van der Waals surface area contributed by atoms with E-state index in [-0.39, 0.29) is 18.6 Å². The van der Waals surface area contributed by atoms with Crippen LogP contribution in [0.1, 0.15) is 23.7 Å². The number of carbonyl (C=O) groups excluding carboxylic acids is 1. The average molecular weight is 250 g/mol. The molecule has 2 rings (SSSR count). The molecule has 5 heteroatoms. The van der Waals surface area contributed by atoms with E-state index in [4.69, 9.17) is 5.11 Å². The Bertz CT molecular complexity index is 524. The highest BCUT2D eigenvalue weighted by atomic mass is 32.1. The van der Waals surface area contributed by atoms with E-state index in [1.807, 2.05) is 19.1 Å². The minimum Gasteiger partial charge on any atom is -0.396 e. The maximum absolute atomic E-state index is 11.9. The van der Waals surface area contributed by atoms with Gasteiger partial charge in [-0.3, -0.25) is 4.79 Å². The van der Waals surface area contributed by atoms with Gasteiger partial charge in [-0.05, 0) is 31.5 Å². The molecule has 1 amide bonds. The molecule has 1 aromatic carbocycles. The van der Waals surface area contributed by atoms with E-state index in [0.29, 0.717) is 12.0 Å². The molecule has 1 atom stereocenters. The molecule has 4 nitrogen and oxygen atoms in total. The molecule has 0 radical (unpaired) electrons. The molecular formula is C12H14N2O2S. The molecule has 0 bridgehead atoms. The number of rotatable bonds is 4. The molecule has 0 spiro atoms. The van der Waals surface area contributed by atoms with Gasteiger partial charge in [-0.15, -0.1) is 11.3 Å². The lowest BCUT2D eigenvalue weighted by Crippen LogP contribution is -2.33. The lowest BCUT2D eigenvalue weighted by Gasteiger charge is -2.12. The van der Waals surface area contributed by atoms with E-state index in [0.717, 1.165) is 10.2 Å². The lowest BCUT2D eigenvalue weighted by atomic mass is 10.1. The summed E-state index contributed by atoms with van der Waals surface area (Å²) < 4.78 is 1.01. The summed E-state index contributed by atoms with van der Waals surface area (Å²) in [7, 11) is 0. The second kappa shape index (κ2) is 5.25. The van der Waals surface area contributed by atoms with Crippen molar-refractivity contribution in [2.24, 2.45) is 0 Å². The highest BCUT2D eigenvalue weighted by Crippen LogP contribution is 2.19. The number of nitrogens with one attached hydrogen (secondary N) is 1. The number of carbonyl (C=O) groups is 1. The summed E-state index contributed by atoms with van der Waals surface area (Å²) >= 11 is 1.52. The average Bonchev–Trinajstić information content (AvgIpc) is 2.75. The van der Waals surface area contributed by atoms with E-state index in [1.54, 1.807) is 11.6 Å². The molecule has 0 aliphatic carbocycles. The van der Waals surface area contributed by atoms with Gasteiger partial charge in [0.1, 0.15) is 0 Å². The van der Waals surface area contributed by atoms with Gasteiger partial charge in [-0.1, -0.05) is 0 Å². The Balaban J connectivity index is 2.13. The monoisotopic (exact) mass is 250 g/mol. The summed E-state index contributed by atoms with van der Waals surface area (Å²) in [5.41, 5.74) is 3.31. The largest absolute Gasteiger partial charge is 0.396 e. The van der Waals surface area contributed by atoms with Crippen LogP contribution < -0.4 is 5.32 Å². The number of benzene rings is 1. The van der Waals surface area contributed by atoms with Gasteiger partial charge in [0.2, 0.25) is 0 Å². The van der Waals surface area contributed by atoms with Crippen LogP contribution in [0.25, 0.3) is 10.2 Å². The Morgan fingerprint density at radius 3 is 3.18 bits per heavy atom. The van der Waals surface area contributed by atoms with Gasteiger partial charge in [0, 0.05) is 18.2 Å². The van der Waals surface area contributed by atoms with E-state index in [2.05, 4.69) is 10.3 Å². The molecule has 0 aliphatic rings. The highest BCUT2D eigenvalue weighted by molar-refractivity contribution is 7.16. The molecular weight excluding hydrogens is 236 g/mol. The minimum absolute atomic E-state index is 0.0235. The van der Waals surface area contributed by atoms with Crippen LogP contribution in [-0.2, 0) is 0 Å². The van der Waals surface area contributed by atoms with E-state index in [1.165, 1.54) is 11.3 Å². The van der Waals surface area contributed by atoms with E-state index in [9.17, 15) is 4.79 Å². The Kier molecular flexibility index (Phi) is 3.71. The third-order valence-electron chi connectivity index (χ3n) is 2.53. The second-order valence-electron chi connectivity index (χ2n) is 3.92. The Morgan fingerprint density at radius 2 is 2.41 bits per heavy atom. The molecule has 0 fully saturated rings. The fourth-order valence-corrected chi connectivity index (χ4v) is 2.29. The number of thiazole rings is 1. The molecule has 1 heterocycles. The maximum atomic E-state index is 11.9. The van der Waals surface area contributed by atoms with Crippen molar-refractivity contribution in [3.8, 4) is 0 Å². The first-order valence-corrected chi connectivity index (χ1v) is 6.33. The Labute approximate surface area is 103 Å². The smallest absolute Gasteiger partial charge is 0.251 e. The van der Waals surface area contributed by atoms with Crippen LogP contribution in [0.4, 0.5) is 0 Å². The molecule has 0 saturated carbocycles. The fraction of sp³-hybridized carbons (Fsp3) is 0.333. The van der Waals surface area contributed by atoms with Crippen LogP contribution in [0.5, 0.6) is 0 Å². The number of hydrogen-bond acceptors (Lipinski definition) is 4. The van der Waals surface area contributed by atoms with Gasteiger partial charge in [-0.25, -0.2) is 4.98 Å². The molecule has 17 heavy (non-hydrogen) atoms. The molecule has 0 aliphatic heterocycles. The third kappa shape index (κ3) is 2.81. The fourth-order valence-electron chi connectivity index (χ4n) is 1.57. The summed E-state index contributed by atoms with van der Waals surface area (Å²) in [6, 6.07) is 5.43. The van der Waals surface area contributed by atoms with E-state index < -0.39 is 0 Å². The summed E-state index contributed by atoms with van der Waals surface area (Å²) in [4.78, 5) is 16.1. The Morgan fingerprint density at radius 1 is 1.59 bits per heavy atom. The van der Waals surface area contributed by atoms with Crippen LogP contribution in [0.3, 0.4) is 0 Å². The van der Waals surface area contributed by atoms with Crippen molar-refractivity contribution in [1.29, 1.82) is 0 Å². The van der Waals surface area contributed by atoms with Crippen molar-refractivity contribution in [1.82, 2.24) is 10.3 Å². The molecule has 2 aromatic rings. The quantitative estimate of drug-likeness (QED) is 0.869. The van der Waals surface area contributed by atoms with Gasteiger partial charge < -0.3 is 10.4 Å². The van der Waals surface area contributed by atoms with Gasteiger partial charge in [0.25, 0.3) is 5.91 Å². The van der Waals surface area contributed by atoms with Gasteiger partial charge >= 0.3 is 0 Å². The number of hydrogen-bond donors (Lipinski definition) is 2. The number of nitrogens with zero attached hydrogens (tertiary/aromatic N) is 1. The highest BCUT2D eigenvalue weighted by Gasteiger charge is 2.10. The van der Waals surface area contributed by atoms with Crippen LogP contribution in [-0.4, -0.2) is 28.6 Å². The normalized spacial score (nSPS) is 12.6. The first-order valence-electron chi connectivity index (χ1n) is 5.45. The number of aromatic nitrogens is 1. The number of aliphatic hydroxyl groups is 1. The molecule has 2 N–H and O–H groups in total. The summed E-state index contributed by atoms with van der Waals surface area (Å²) in [5, 5.41) is 11.6. The van der Waals surface area contributed by atoms with Gasteiger partial charge in [0.05, 0.1) is 15.7 Å². The topological polar surface area (TPSA) is 62.2 Å². The molecule has 90 valence electrons. The zero-order valence-corrected chi connectivity index (χ0v) is 10.3. The zero-order chi connectivity index (χ0) is 12.3. The number of aliphatic hydroxyl groups excluding tert-OH is 1. The van der Waals surface area contributed by atoms with Crippen molar-refractivity contribution in [2.75, 3.05) is 6.61 Å². The summed E-state index contributed by atoms with van der Waals surface area (Å²) in [6.45, 7) is 1.95. The Hall–Kier alpha value is -1.46. The zero-order valence-electron chi connectivity index (χ0n) is 9.51. The minimum atomic E-state index is -0.110. The van der Waals surface area contributed by atoms with Crippen LogP contribution in [0.2, 0.25) is 0 Å². The van der Waals surface area contributed by atoms with Crippen molar-refractivity contribution in [3.63, 3.8) is 0 Å². The first-order chi connectivity index (χ1) is 8.20. The molecule has 1 unspecified atom stereocenters. The van der Waals surface area contributed by atoms with Gasteiger partial charge in [0.15, 0.2) is 0 Å². The SMILES string of the molecule is CC(CCO)NC(=O)c1ccc2ncsc2c1. The maximum Gasteiger partial charge on any atom is 0.251 e. The predicted molar refractivity (Wildman–Crippen MR) is 68.3 cm³/mol. The standard InChI is InChI=1S/C12H14N2O2S/c1-8(4-5-15)14-12(16)9-2-3-10-11(6-9)17-7-13-10/h2-3,6-8,15H,4-5H2,1H3,(H,14,16). The number of amides is 1. The summed E-state index contributed by atoms with van der Waals surface area (Å²) in [5.74, 6) is -0.110. The lowest BCUT2D eigenvalue weighted by molar-refractivity contribution is 0.0934. The van der Waals surface area contributed by atoms with Crippen molar-refractivity contribution in [3.05, 3.63) is 29.3 Å². The van der Waals surface area contributed by atoms with Crippen LogP contribution in [0, 0.1) is 0 Å². The van der Waals surface area contributed by atoms with Crippen LogP contribution >= 0.6 is 11.3 Å². The second-order valence-corrected chi connectivity index (χ2v) is 4.81. The molecule has 1 aromatic heterocycles. The predicted octanol–water partition coefficient (Wildman–Crippen LogP) is 1.80. The molecule has 0 saturated heterocycles. The van der Waals surface area contributed by atoms with Crippen molar-refractivity contribution < 1.29 is 9.90 Å². The third-order valence-corrected chi connectivity index (χ3v) is 3.32. The van der Waals surface area contributed by atoms with Gasteiger partial charge in [-0.2, -0.15) is 0 Å². The van der Waals surface area contributed by atoms with Crippen molar-refractivity contribution in [2.45, 2.75) is 19.4 Å². The summed E-state index contributed by atoms with van der Waals surface area (Å²) in [6.07, 6.45) is 0.564. The van der Waals surface area contributed by atoms with E-state index >= 15 is 0 Å².